The maximum atomic E-state index is 10.8. The Hall–Kier alpha value is -8.57. The monoisotopic (exact) mass is 739 g/mol. The predicted octanol–water partition coefficient (Wildman–Crippen LogP) is 13.0. The third-order valence-corrected chi connectivity index (χ3v) is 11.6. The van der Waals surface area contributed by atoms with Gasteiger partial charge in [0.1, 0.15) is 40.5 Å². The third-order valence-electron chi connectivity index (χ3n) is 11.6. The lowest BCUT2D eigenvalue weighted by molar-refractivity contribution is 0.669. The van der Waals surface area contributed by atoms with Crippen molar-refractivity contribution in [2.45, 2.75) is 0 Å². The molecule has 0 fully saturated rings. The Morgan fingerprint density at radius 3 is 1.50 bits per heavy atom. The van der Waals surface area contributed by atoms with Gasteiger partial charge in [-0.05, 0) is 66.2 Å². The molecule has 0 bridgehead atoms. The Kier molecular flexibility index (Phi) is 6.41. The molecular formula is C51H25N5O2. The lowest BCUT2D eigenvalue weighted by Crippen LogP contribution is -2.01. The lowest BCUT2D eigenvalue weighted by Gasteiger charge is -2.15. The molecule has 0 N–H and O–H groups in total. The first kappa shape index (κ1) is 31.7. The summed E-state index contributed by atoms with van der Waals surface area (Å²) >= 11 is 0. The first-order chi connectivity index (χ1) is 28.6. The van der Waals surface area contributed by atoms with E-state index in [1.807, 2.05) is 84.9 Å². The molecule has 58 heavy (non-hydrogen) atoms. The fraction of sp³-hybridized carbons (Fsp3) is 0. The van der Waals surface area contributed by atoms with Gasteiger partial charge in [0, 0.05) is 66.5 Å². The Morgan fingerprint density at radius 2 is 0.914 bits per heavy atom. The van der Waals surface area contributed by atoms with E-state index in [4.69, 9.17) is 8.83 Å². The number of nitrogens with zero attached hydrogens (tertiary/aromatic N) is 5. The van der Waals surface area contributed by atoms with Crippen LogP contribution in [0.1, 0.15) is 16.7 Å². The van der Waals surface area contributed by atoms with Gasteiger partial charge in [-0.2, -0.15) is 15.8 Å². The average Bonchev–Trinajstić information content (AvgIpc) is 4.01. The van der Waals surface area contributed by atoms with Crippen LogP contribution in [-0.2, 0) is 0 Å². The Labute approximate surface area is 329 Å². The van der Waals surface area contributed by atoms with Gasteiger partial charge in [-0.1, -0.05) is 78.9 Å². The van der Waals surface area contributed by atoms with Crippen LogP contribution in [0.3, 0.4) is 0 Å². The second kappa shape index (κ2) is 11.7. The summed E-state index contributed by atoms with van der Waals surface area (Å²) in [5.41, 5.74) is 10.4. The second-order valence-corrected chi connectivity index (χ2v) is 14.6. The highest BCUT2D eigenvalue weighted by Crippen LogP contribution is 2.42. The number of hydrogen-bond acceptors (Lipinski definition) is 5. The van der Waals surface area contributed by atoms with E-state index in [2.05, 4.69) is 88.0 Å². The van der Waals surface area contributed by atoms with Crippen LogP contribution >= 0.6 is 0 Å². The van der Waals surface area contributed by atoms with Crippen LogP contribution in [0.15, 0.2) is 160 Å². The highest BCUT2D eigenvalue weighted by molar-refractivity contribution is 6.19. The molecule has 0 aliphatic rings. The normalized spacial score (nSPS) is 11.7. The van der Waals surface area contributed by atoms with Crippen molar-refractivity contribution in [3.8, 4) is 40.7 Å². The summed E-state index contributed by atoms with van der Waals surface area (Å²) in [4.78, 5) is 0. The number of fused-ring (bicyclic) bond motifs is 12. The van der Waals surface area contributed by atoms with Crippen molar-refractivity contribution < 1.29 is 8.83 Å². The zero-order valence-corrected chi connectivity index (χ0v) is 30.5. The molecule has 0 spiro atoms. The third kappa shape index (κ3) is 4.29. The number of furan rings is 2. The standard InChI is InChI=1S/C51H25N5O2/c52-26-30-20-32(55-44-13-5-1-9-33(44)38-22-40-35-11-3-7-15-48(35)57-50(40)24-46(38)55)21-37(42(30)28-54)29-17-18-43(31(19-29)27-53)56-45-14-6-2-10-34(45)39-23-41-36-12-4-8-16-49(36)58-51(41)25-47(39)56/h1-25H. The molecule has 0 aliphatic carbocycles. The largest absolute Gasteiger partial charge is 0.456 e. The van der Waals surface area contributed by atoms with Crippen molar-refractivity contribution in [1.29, 1.82) is 15.8 Å². The molecular weight excluding hydrogens is 715 g/mol. The summed E-state index contributed by atoms with van der Waals surface area (Å²) in [6.07, 6.45) is 0. The molecule has 4 heterocycles. The van der Waals surface area contributed by atoms with E-state index in [1.54, 1.807) is 6.07 Å². The highest BCUT2D eigenvalue weighted by Gasteiger charge is 2.22. The van der Waals surface area contributed by atoms with Gasteiger partial charge in [-0.25, -0.2) is 0 Å². The molecule has 0 saturated heterocycles. The number of para-hydroxylation sites is 4. The average molecular weight is 740 g/mol. The molecule has 4 aromatic heterocycles. The van der Waals surface area contributed by atoms with Crippen LogP contribution < -0.4 is 0 Å². The van der Waals surface area contributed by atoms with Gasteiger partial charge in [-0.3, -0.25) is 0 Å². The van der Waals surface area contributed by atoms with Gasteiger partial charge in [0.15, 0.2) is 0 Å². The van der Waals surface area contributed by atoms with Gasteiger partial charge < -0.3 is 18.0 Å². The molecule has 8 aromatic carbocycles. The van der Waals surface area contributed by atoms with E-state index in [0.717, 1.165) is 87.5 Å². The smallest absolute Gasteiger partial charge is 0.137 e. The van der Waals surface area contributed by atoms with Crippen molar-refractivity contribution in [3.63, 3.8) is 0 Å². The summed E-state index contributed by atoms with van der Waals surface area (Å²) in [5, 5.41) is 40.2. The van der Waals surface area contributed by atoms with Crippen molar-refractivity contribution in [1.82, 2.24) is 9.13 Å². The van der Waals surface area contributed by atoms with Crippen LogP contribution in [0.5, 0.6) is 0 Å². The van der Waals surface area contributed by atoms with Crippen LogP contribution in [0.25, 0.3) is 110 Å². The van der Waals surface area contributed by atoms with E-state index in [1.165, 1.54) is 0 Å². The van der Waals surface area contributed by atoms with Crippen molar-refractivity contribution in [2.75, 3.05) is 0 Å². The van der Waals surface area contributed by atoms with Crippen LogP contribution in [0, 0.1) is 34.0 Å². The summed E-state index contributed by atoms with van der Waals surface area (Å²) in [6, 6.07) is 57.4. The minimum absolute atomic E-state index is 0.241. The summed E-state index contributed by atoms with van der Waals surface area (Å²) in [7, 11) is 0. The Balaban J connectivity index is 1.08. The lowest BCUT2D eigenvalue weighted by atomic mass is 9.94. The van der Waals surface area contributed by atoms with Gasteiger partial charge >= 0.3 is 0 Å². The molecule has 0 unspecified atom stereocenters. The molecule has 7 heteroatoms. The first-order valence-corrected chi connectivity index (χ1v) is 18.8. The van der Waals surface area contributed by atoms with E-state index in [-0.39, 0.29) is 11.1 Å². The molecule has 0 radical (unpaired) electrons. The number of rotatable bonds is 3. The molecule has 266 valence electrons. The SMILES string of the molecule is N#Cc1cc(-c2cc(-n3c4ccccc4c4cc5c(cc43)oc3ccccc35)cc(C#N)c2C#N)ccc1-n1c2ccccc2c2cc3c(cc21)oc1ccccc13. The number of benzene rings is 8. The topological polar surface area (TPSA) is 108 Å². The summed E-state index contributed by atoms with van der Waals surface area (Å²) < 4.78 is 16.9. The van der Waals surface area contributed by atoms with Gasteiger partial charge in [-0.15, -0.1) is 0 Å². The molecule has 0 atom stereocenters. The fourth-order valence-corrected chi connectivity index (χ4v) is 9.09. The fourth-order valence-electron chi connectivity index (χ4n) is 9.09. The van der Waals surface area contributed by atoms with E-state index in [9.17, 15) is 15.8 Å². The van der Waals surface area contributed by atoms with E-state index in [0.29, 0.717) is 28.1 Å². The predicted molar refractivity (Wildman–Crippen MR) is 229 cm³/mol. The molecule has 12 rings (SSSR count). The van der Waals surface area contributed by atoms with E-state index >= 15 is 0 Å². The maximum Gasteiger partial charge on any atom is 0.137 e. The zero-order valence-electron chi connectivity index (χ0n) is 30.5. The maximum absolute atomic E-state index is 10.8. The Morgan fingerprint density at radius 1 is 0.379 bits per heavy atom. The number of aromatic nitrogens is 2. The van der Waals surface area contributed by atoms with Crippen molar-refractivity contribution in [3.05, 3.63) is 168 Å². The molecule has 7 nitrogen and oxygen atoms in total. The summed E-state index contributed by atoms with van der Waals surface area (Å²) in [5.74, 6) is 0. The van der Waals surface area contributed by atoms with Gasteiger partial charge in [0.25, 0.3) is 0 Å². The zero-order chi connectivity index (χ0) is 38.6. The van der Waals surface area contributed by atoms with Crippen LogP contribution in [-0.4, -0.2) is 9.13 Å². The minimum atomic E-state index is 0.241. The second-order valence-electron chi connectivity index (χ2n) is 14.6. The first-order valence-electron chi connectivity index (χ1n) is 18.8. The number of nitriles is 3. The molecule has 0 aliphatic heterocycles. The summed E-state index contributed by atoms with van der Waals surface area (Å²) in [6.45, 7) is 0. The molecule has 12 aromatic rings. The van der Waals surface area contributed by atoms with Gasteiger partial charge in [0.2, 0.25) is 0 Å². The Bertz CT molecular complexity index is 3910. The minimum Gasteiger partial charge on any atom is -0.456 e. The van der Waals surface area contributed by atoms with Crippen molar-refractivity contribution in [2.24, 2.45) is 0 Å². The quantitative estimate of drug-likeness (QED) is 0.179. The van der Waals surface area contributed by atoms with E-state index < -0.39 is 0 Å². The van der Waals surface area contributed by atoms with Gasteiger partial charge in [0.05, 0.1) is 44.4 Å². The van der Waals surface area contributed by atoms with Crippen LogP contribution in [0.4, 0.5) is 0 Å². The van der Waals surface area contributed by atoms with Crippen molar-refractivity contribution >= 4 is 87.5 Å². The molecule has 0 amide bonds. The molecule has 0 saturated carbocycles. The van der Waals surface area contributed by atoms with Crippen LogP contribution in [0.2, 0.25) is 0 Å². The number of hydrogen-bond donors (Lipinski definition) is 0. The highest BCUT2D eigenvalue weighted by atomic mass is 16.3.